The average Bonchev–Trinajstić information content (AvgIpc) is 2.26. The summed E-state index contributed by atoms with van der Waals surface area (Å²) in [6.45, 7) is 2.96. The minimum Gasteiger partial charge on any atom is -0.463 e. The number of halogens is 1. The Bertz CT molecular complexity index is 417. The van der Waals surface area contributed by atoms with E-state index < -0.39 is 23.9 Å². The van der Waals surface area contributed by atoms with Gasteiger partial charge in [-0.05, 0) is 19.1 Å². The van der Waals surface area contributed by atoms with Crippen LogP contribution in [0, 0.1) is 5.82 Å². The lowest BCUT2D eigenvalue weighted by Crippen LogP contribution is -2.21. The van der Waals surface area contributed by atoms with E-state index in [1.54, 1.807) is 6.92 Å². The highest BCUT2D eigenvalue weighted by molar-refractivity contribution is 5.80. The van der Waals surface area contributed by atoms with Crippen LogP contribution < -0.4 is 0 Å². The summed E-state index contributed by atoms with van der Waals surface area (Å²) in [5, 5.41) is 0. The third-order valence-electron chi connectivity index (χ3n) is 1.94. The van der Waals surface area contributed by atoms with Crippen LogP contribution in [0.25, 0.3) is 0 Å². The van der Waals surface area contributed by atoms with Gasteiger partial charge in [0, 0.05) is 12.5 Å². The lowest BCUT2D eigenvalue weighted by atomic mass is 10.1. The van der Waals surface area contributed by atoms with Crippen LogP contribution in [0.15, 0.2) is 24.3 Å². The molecule has 17 heavy (non-hydrogen) atoms. The Morgan fingerprint density at radius 2 is 2.12 bits per heavy atom. The van der Waals surface area contributed by atoms with Gasteiger partial charge in [0.2, 0.25) is 6.10 Å². The molecule has 1 aromatic rings. The zero-order valence-electron chi connectivity index (χ0n) is 9.60. The van der Waals surface area contributed by atoms with E-state index in [9.17, 15) is 14.0 Å². The van der Waals surface area contributed by atoms with E-state index >= 15 is 0 Å². The van der Waals surface area contributed by atoms with E-state index in [1.807, 2.05) is 0 Å². The predicted octanol–water partition coefficient (Wildman–Crippen LogP) is 1.99. The van der Waals surface area contributed by atoms with Crippen molar-refractivity contribution in [2.24, 2.45) is 0 Å². The number of benzene rings is 1. The molecule has 0 amide bonds. The van der Waals surface area contributed by atoms with Crippen molar-refractivity contribution in [3.63, 3.8) is 0 Å². The van der Waals surface area contributed by atoms with Crippen LogP contribution in [-0.2, 0) is 19.1 Å². The average molecular weight is 240 g/mol. The Morgan fingerprint density at radius 1 is 1.41 bits per heavy atom. The number of hydrogen-bond acceptors (Lipinski definition) is 4. The van der Waals surface area contributed by atoms with Gasteiger partial charge in [0.15, 0.2) is 0 Å². The van der Waals surface area contributed by atoms with Gasteiger partial charge in [-0.3, -0.25) is 4.79 Å². The largest absolute Gasteiger partial charge is 0.463 e. The summed E-state index contributed by atoms with van der Waals surface area (Å²) in [7, 11) is 0. The third kappa shape index (κ3) is 3.86. The molecule has 0 aromatic heterocycles. The Balaban J connectivity index is 2.97. The van der Waals surface area contributed by atoms with E-state index in [2.05, 4.69) is 0 Å². The molecule has 0 aliphatic carbocycles. The summed E-state index contributed by atoms with van der Waals surface area (Å²) in [4.78, 5) is 22.5. The molecule has 0 saturated carbocycles. The fourth-order valence-corrected chi connectivity index (χ4v) is 1.31. The lowest BCUT2D eigenvalue weighted by Gasteiger charge is -2.15. The summed E-state index contributed by atoms with van der Waals surface area (Å²) in [5.74, 6) is -1.86. The lowest BCUT2D eigenvalue weighted by molar-refractivity contribution is -0.167. The van der Waals surface area contributed by atoms with Gasteiger partial charge < -0.3 is 9.47 Å². The topological polar surface area (TPSA) is 52.6 Å². The minimum atomic E-state index is -1.22. The van der Waals surface area contributed by atoms with Crippen molar-refractivity contribution < 1.29 is 23.5 Å². The van der Waals surface area contributed by atoms with E-state index in [4.69, 9.17) is 9.47 Å². The van der Waals surface area contributed by atoms with Gasteiger partial charge in [-0.2, -0.15) is 0 Å². The maximum Gasteiger partial charge on any atom is 0.352 e. The van der Waals surface area contributed by atoms with Gasteiger partial charge in [-0.25, -0.2) is 9.18 Å². The molecule has 1 rings (SSSR count). The molecule has 5 heteroatoms. The van der Waals surface area contributed by atoms with Crippen molar-refractivity contribution >= 4 is 11.9 Å². The van der Waals surface area contributed by atoms with Crippen molar-refractivity contribution in [1.82, 2.24) is 0 Å². The molecule has 1 atom stereocenters. The van der Waals surface area contributed by atoms with Crippen LogP contribution in [0.1, 0.15) is 25.5 Å². The van der Waals surface area contributed by atoms with Crippen molar-refractivity contribution in [3.05, 3.63) is 35.6 Å². The molecule has 0 bridgehead atoms. The van der Waals surface area contributed by atoms with Crippen LogP contribution in [0.5, 0.6) is 0 Å². The molecular weight excluding hydrogens is 227 g/mol. The van der Waals surface area contributed by atoms with Crippen molar-refractivity contribution in [2.75, 3.05) is 6.61 Å². The highest BCUT2D eigenvalue weighted by Gasteiger charge is 2.25. The first kappa shape index (κ1) is 13.2. The number of ether oxygens (including phenoxy) is 2. The molecule has 0 radical (unpaired) electrons. The molecule has 4 nitrogen and oxygen atoms in total. The number of esters is 2. The molecule has 0 aliphatic heterocycles. The number of hydrogen-bond donors (Lipinski definition) is 0. The summed E-state index contributed by atoms with van der Waals surface area (Å²) >= 11 is 0. The molecule has 0 spiro atoms. The monoisotopic (exact) mass is 240 g/mol. The van der Waals surface area contributed by atoms with Crippen LogP contribution in [-0.4, -0.2) is 18.5 Å². The number of carbonyl (C=O) groups is 2. The SMILES string of the molecule is CCOC(=O)C(OC(C)=O)c1cccc(F)c1. The third-order valence-corrected chi connectivity index (χ3v) is 1.94. The van der Waals surface area contributed by atoms with Crippen LogP contribution in [0.3, 0.4) is 0 Å². The van der Waals surface area contributed by atoms with Gasteiger partial charge >= 0.3 is 11.9 Å². The summed E-state index contributed by atoms with van der Waals surface area (Å²) in [5.41, 5.74) is 0.249. The molecule has 0 N–H and O–H groups in total. The minimum absolute atomic E-state index is 0.159. The van der Waals surface area contributed by atoms with Crippen LogP contribution in [0.2, 0.25) is 0 Å². The Morgan fingerprint density at radius 3 is 2.65 bits per heavy atom. The standard InChI is InChI=1S/C12H13FO4/c1-3-16-12(15)11(17-8(2)14)9-5-4-6-10(13)7-9/h4-7,11H,3H2,1-2H3. The fraction of sp³-hybridized carbons (Fsp3) is 0.333. The molecule has 0 heterocycles. The molecule has 0 fully saturated rings. The second-order valence-corrected chi connectivity index (χ2v) is 3.30. The first-order valence-corrected chi connectivity index (χ1v) is 5.14. The Labute approximate surface area is 98.3 Å². The van der Waals surface area contributed by atoms with Gasteiger partial charge in [-0.1, -0.05) is 12.1 Å². The van der Waals surface area contributed by atoms with E-state index in [1.165, 1.54) is 25.1 Å². The summed E-state index contributed by atoms with van der Waals surface area (Å²) in [6.07, 6.45) is -1.22. The highest BCUT2D eigenvalue weighted by Crippen LogP contribution is 2.20. The predicted molar refractivity (Wildman–Crippen MR) is 57.5 cm³/mol. The van der Waals surface area contributed by atoms with Gasteiger partial charge in [0.25, 0.3) is 0 Å². The summed E-state index contributed by atoms with van der Waals surface area (Å²) in [6, 6.07) is 5.29. The van der Waals surface area contributed by atoms with Crippen LogP contribution in [0.4, 0.5) is 4.39 Å². The first-order chi connectivity index (χ1) is 8.04. The molecular formula is C12H13FO4. The van der Waals surface area contributed by atoms with Crippen molar-refractivity contribution in [1.29, 1.82) is 0 Å². The van der Waals surface area contributed by atoms with Gasteiger partial charge in [0.05, 0.1) is 6.61 Å². The molecule has 1 aromatic carbocycles. The van der Waals surface area contributed by atoms with E-state index in [0.29, 0.717) is 0 Å². The highest BCUT2D eigenvalue weighted by atomic mass is 19.1. The Hall–Kier alpha value is -1.91. The van der Waals surface area contributed by atoms with E-state index in [0.717, 1.165) is 6.07 Å². The normalized spacial score (nSPS) is 11.7. The Kier molecular flexibility index (Phi) is 4.63. The number of carbonyl (C=O) groups excluding carboxylic acids is 2. The molecule has 0 aliphatic rings. The maximum atomic E-state index is 13.0. The number of rotatable bonds is 4. The second kappa shape index (κ2) is 5.98. The molecule has 92 valence electrons. The summed E-state index contributed by atoms with van der Waals surface area (Å²) < 4.78 is 22.6. The first-order valence-electron chi connectivity index (χ1n) is 5.14. The second-order valence-electron chi connectivity index (χ2n) is 3.30. The van der Waals surface area contributed by atoms with E-state index in [-0.39, 0.29) is 12.2 Å². The molecule has 0 saturated heterocycles. The van der Waals surface area contributed by atoms with Crippen molar-refractivity contribution in [2.45, 2.75) is 20.0 Å². The quantitative estimate of drug-likeness (QED) is 0.755. The van der Waals surface area contributed by atoms with Crippen LogP contribution >= 0.6 is 0 Å². The maximum absolute atomic E-state index is 13.0. The van der Waals surface area contributed by atoms with Gasteiger partial charge in [-0.15, -0.1) is 0 Å². The zero-order valence-corrected chi connectivity index (χ0v) is 9.60. The van der Waals surface area contributed by atoms with Crippen molar-refractivity contribution in [3.8, 4) is 0 Å². The smallest absolute Gasteiger partial charge is 0.352 e. The van der Waals surface area contributed by atoms with Gasteiger partial charge in [0.1, 0.15) is 5.82 Å². The molecule has 1 unspecified atom stereocenters. The zero-order chi connectivity index (χ0) is 12.8. The fourth-order valence-electron chi connectivity index (χ4n) is 1.31.